The molecule has 0 radical (unpaired) electrons. The summed E-state index contributed by atoms with van der Waals surface area (Å²) in [6.45, 7) is 2.25. The Morgan fingerprint density at radius 1 is 1.22 bits per heavy atom. The van der Waals surface area contributed by atoms with E-state index in [4.69, 9.17) is 0 Å². The molecule has 9 nitrogen and oxygen atoms in total. The summed E-state index contributed by atoms with van der Waals surface area (Å²) in [6, 6.07) is 1.94. The highest BCUT2D eigenvalue weighted by Gasteiger charge is 2.25. The Balaban J connectivity index is 1.71. The Morgan fingerprint density at radius 3 is 2.75 bits per heavy atom. The summed E-state index contributed by atoms with van der Waals surface area (Å²) >= 11 is 0. The molecule has 0 bridgehead atoms. The number of nitrogens with one attached hydrogen (secondary N) is 2. The average molecular weight is 467 g/mol. The Labute approximate surface area is 182 Å². The smallest absolute Gasteiger partial charge is 0.232 e. The monoisotopic (exact) mass is 467 g/mol. The molecule has 3 heterocycles. The molecule has 0 unspecified atom stereocenters. The van der Waals surface area contributed by atoms with Crippen LogP contribution in [0.4, 0.5) is 36.3 Å². The van der Waals surface area contributed by atoms with Gasteiger partial charge < -0.3 is 10.2 Å². The Kier molecular flexibility index (Phi) is 6.00. The lowest BCUT2D eigenvalue weighted by molar-refractivity contribution is 0.364. The molecule has 0 saturated carbocycles. The Bertz CT molecular complexity index is 1260. The SMILES string of the molecule is CCCS(=O)(=O)Nc1ccc(F)c(Nc2ncnc3cnc(N4CC[C@H](F)C4)nc23)c1F. The number of benzene rings is 1. The number of halogens is 3. The molecule has 4 rings (SSSR count). The molecule has 1 aliphatic rings. The van der Waals surface area contributed by atoms with E-state index in [1.165, 1.54) is 12.5 Å². The lowest BCUT2D eigenvalue weighted by atomic mass is 10.2. The Morgan fingerprint density at radius 2 is 2.03 bits per heavy atom. The number of anilines is 4. The molecule has 32 heavy (non-hydrogen) atoms. The second kappa shape index (κ2) is 8.73. The van der Waals surface area contributed by atoms with Crippen molar-refractivity contribution in [1.82, 2.24) is 19.9 Å². The van der Waals surface area contributed by atoms with E-state index in [-0.39, 0.29) is 29.6 Å². The van der Waals surface area contributed by atoms with Crippen LogP contribution in [0.1, 0.15) is 19.8 Å². The van der Waals surface area contributed by atoms with E-state index in [0.29, 0.717) is 24.9 Å². The highest BCUT2D eigenvalue weighted by molar-refractivity contribution is 7.92. The summed E-state index contributed by atoms with van der Waals surface area (Å²) in [6.07, 6.45) is 2.29. The summed E-state index contributed by atoms with van der Waals surface area (Å²) in [7, 11) is -3.79. The zero-order valence-corrected chi connectivity index (χ0v) is 17.8. The van der Waals surface area contributed by atoms with Crippen LogP contribution in [-0.2, 0) is 10.0 Å². The fourth-order valence-corrected chi connectivity index (χ4v) is 4.47. The van der Waals surface area contributed by atoms with Crippen molar-refractivity contribution in [3.63, 3.8) is 0 Å². The van der Waals surface area contributed by atoms with Gasteiger partial charge in [0.05, 0.1) is 24.2 Å². The average Bonchev–Trinajstić information content (AvgIpc) is 3.19. The summed E-state index contributed by atoms with van der Waals surface area (Å²) in [5, 5.41) is 2.55. The highest BCUT2D eigenvalue weighted by atomic mass is 32.2. The first-order chi connectivity index (χ1) is 15.3. The van der Waals surface area contributed by atoms with Crippen LogP contribution < -0.4 is 14.9 Å². The lowest BCUT2D eigenvalue weighted by Gasteiger charge is -2.16. The predicted molar refractivity (Wildman–Crippen MR) is 114 cm³/mol. The first-order valence-corrected chi connectivity index (χ1v) is 11.5. The number of hydrogen-bond donors (Lipinski definition) is 2. The minimum absolute atomic E-state index is 0.0130. The van der Waals surface area contributed by atoms with Crippen molar-refractivity contribution in [2.75, 3.05) is 33.8 Å². The molecule has 0 aliphatic carbocycles. The van der Waals surface area contributed by atoms with E-state index >= 15 is 4.39 Å². The van der Waals surface area contributed by atoms with Gasteiger partial charge in [-0.15, -0.1) is 0 Å². The van der Waals surface area contributed by atoms with E-state index in [9.17, 15) is 17.2 Å². The van der Waals surface area contributed by atoms with Gasteiger partial charge in [0.25, 0.3) is 0 Å². The van der Waals surface area contributed by atoms with Crippen LogP contribution >= 0.6 is 0 Å². The standard InChI is InChI=1S/C19H20F3N7O2S/c1-2-7-32(30,31)28-13-4-3-12(21)16(15(13)22)26-18-17-14(24-10-25-18)8-23-19(27-17)29-6-5-11(20)9-29/h3-4,8,10-11,28H,2,5-7,9H2,1H3,(H,24,25,26)/t11-/m0/s1. The van der Waals surface area contributed by atoms with Crippen molar-refractivity contribution >= 4 is 44.2 Å². The number of alkyl halides is 1. The van der Waals surface area contributed by atoms with E-state index in [1.807, 2.05) is 0 Å². The largest absolute Gasteiger partial charge is 0.338 e. The number of hydrogen-bond acceptors (Lipinski definition) is 8. The van der Waals surface area contributed by atoms with Gasteiger partial charge in [0.2, 0.25) is 16.0 Å². The molecule has 13 heteroatoms. The molecule has 3 aromatic rings. The van der Waals surface area contributed by atoms with Crippen molar-refractivity contribution in [3.05, 3.63) is 36.3 Å². The van der Waals surface area contributed by atoms with Gasteiger partial charge in [-0.2, -0.15) is 0 Å². The third-order valence-electron chi connectivity index (χ3n) is 4.85. The molecule has 2 aromatic heterocycles. The summed E-state index contributed by atoms with van der Waals surface area (Å²) in [5.74, 6) is -2.06. The van der Waals surface area contributed by atoms with Gasteiger partial charge in [0, 0.05) is 6.54 Å². The van der Waals surface area contributed by atoms with Crippen LogP contribution in [0.15, 0.2) is 24.7 Å². The molecule has 1 fully saturated rings. The Hall–Kier alpha value is -3.22. The second-order valence-corrected chi connectivity index (χ2v) is 9.13. The third kappa shape index (κ3) is 4.52. The number of nitrogens with zero attached hydrogens (tertiary/aromatic N) is 5. The molecule has 1 aromatic carbocycles. The minimum Gasteiger partial charge on any atom is -0.338 e. The molecular weight excluding hydrogens is 447 g/mol. The van der Waals surface area contributed by atoms with Crippen molar-refractivity contribution in [2.45, 2.75) is 25.9 Å². The fraction of sp³-hybridized carbons (Fsp3) is 0.368. The molecule has 170 valence electrons. The van der Waals surface area contributed by atoms with Crippen LogP contribution in [0.5, 0.6) is 0 Å². The number of fused-ring (bicyclic) bond motifs is 1. The second-order valence-electron chi connectivity index (χ2n) is 7.29. The van der Waals surface area contributed by atoms with Crippen molar-refractivity contribution < 1.29 is 21.6 Å². The predicted octanol–water partition coefficient (Wildman–Crippen LogP) is 3.14. The quantitative estimate of drug-likeness (QED) is 0.545. The third-order valence-corrected chi connectivity index (χ3v) is 6.33. The van der Waals surface area contributed by atoms with Gasteiger partial charge >= 0.3 is 0 Å². The van der Waals surface area contributed by atoms with Crippen molar-refractivity contribution in [1.29, 1.82) is 0 Å². The number of sulfonamides is 1. The van der Waals surface area contributed by atoms with Crippen molar-refractivity contribution in [3.8, 4) is 0 Å². The van der Waals surface area contributed by atoms with E-state index in [2.05, 4.69) is 30.0 Å². The zero-order chi connectivity index (χ0) is 22.9. The van der Waals surface area contributed by atoms with Crippen LogP contribution in [0, 0.1) is 11.6 Å². The summed E-state index contributed by atoms with van der Waals surface area (Å²) in [5.41, 5.74) is -0.521. The van der Waals surface area contributed by atoms with Gasteiger partial charge in [-0.3, -0.25) is 4.72 Å². The first-order valence-electron chi connectivity index (χ1n) is 9.89. The van der Waals surface area contributed by atoms with Crippen LogP contribution in [-0.4, -0.2) is 53.4 Å². The molecule has 2 N–H and O–H groups in total. The summed E-state index contributed by atoms with van der Waals surface area (Å²) in [4.78, 5) is 18.3. The normalized spacial score (nSPS) is 16.5. The lowest BCUT2D eigenvalue weighted by Crippen LogP contribution is -2.22. The maximum atomic E-state index is 15.0. The highest BCUT2D eigenvalue weighted by Crippen LogP contribution is 2.31. The molecule has 1 aliphatic heterocycles. The first kappa shape index (κ1) is 22.0. The van der Waals surface area contributed by atoms with Gasteiger partial charge in [-0.25, -0.2) is 41.5 Å². The van der Waals surface area contributed by atoms with E-state index in [1.54, 1.807) is 11.8 Å². The fourth-order valence-electron chi connectivity index (χ4n) is 3.34. The zero-order valence-electron chi connectivity index (χ0n) is 17.0. The molecule has 0 spiro atoms. The van der Waals surface area contributed by atoms with Gasteiger partial charge in [0.1, 0.15) is 35.0 Å². The molecule has 1 atom stereocenters. The van der Waals surface area contributed by atoms with Gasteiger partial charge in [-0.05, 0) is 25.0 Å². The van der Waals surface area contributed by atoms with Gasteiger partial charge in [-0.1, -0.05) is 6.92 Å². The van der Waals surface area contributed by atoms with Crippen LogP contribution in [0.25, 0.3) is 11.0 Å². The van der Waals surface area contributed by atoms with Gasteiger partial charge in [0.15, 0.2) is 11.6 Å². The minimum atomic E-state index is -3.79. The molecule has 1 saturated heterocycles. The number of rotatable bonds is 7. The van der Waals surface area contributed by atoms with Crippen molar-refractivity contribution in [2.24, 2.45) is 0 Å². The maximum Gasteiger partial charge on any atom is 0.232 e. The number of aromatic nitrogens is 4. The maximum absolute atomic E-state index is 15.0. The molecular formula is C19H20F3N7O2S. The molecule has 0 amide bonds. The summed E-state index contributed by atoms with van der Waals surface area (Å²) < 4.78 is 69.2. The van der Waals surface area contributed by atoms with Crippen LogP contribution in [0.2, 0.25) is 0 Å². The van der Waals surface area contributed by atoms with E-state index < -0.39 is 39.2 Å². The topological polar surface area (TPSA) is 113 Å². The van der Waals surface area contributed by atoms with Crippen LogP contribution in [0.3, 0.4) is 0 Å². The van der Waals surface area contributed by atoms with E-state index in [0.717, 1.165) is 12.1 Å².